The van der Waals surface area contributed by atoms with Crippen LogP contribution in [0.3, 0.4) is 0 Å². The number of likely N-dealkylation sites (N-methyl/N-ethyl adjacent to an activating group) is 1. The number of carbonyl (C=O) groups is 2. The fourth-order valence-electron chi connectivity index (χ4n) is 2.99. The zero-order chi connectivity index (χ0) is 18.8. The highest BCUT2D eigenvalue weighted by Gasteiger charge is 2.30. The first-order valence-electron chi connectivity index (χ1n) is 8.51. The van der Waals surface area contributed by atoms with Crippen LogP contribution in [0.15, 0.2) is 43.0 Å². The zero-order valence-electron chi connectivity index (χ0n) is 14.7. The fourth-order valence-corrected chi connectivity index (χ4v) is 2.99. The Hall–Kier alpha value is -3.56. The van der Waals surface area contributed by atoms with Crippen LogP contribution in [0.2, 0.25) is 0 Å². The fraction of sp³-hybridized carbons (Fsp3) is 0.294. The number of hydrogen-bond acceptors (Lipinski definition) is 6. The van der Waals surface area contributed by atoms with Gasteiger partial charge in [-0.25, -0.2) is 14.3 Å². The Balaban J connectivity index is 1.43. The van der Waals surface area contributed by atoms with Gasteiger partial charge in [-0.3, -0.25) is 19.5 Å². The van der Waals surface area contributed by atoms with E-state index in [-0.39, 0.29) is 11.7 Å². The summed E-state index contributed by atoms with van der Waals surface area (Å²) in [6.07, 6.45) is 5.26. The number of pyridine rings is 1. The zero-order valence-corrected chi connectivity index (χ0v) is 14.7. The molecule has 1 atom stereocenters. The summed E-state index contributed by atoms with van der Waals surface area (Å²) in [6.45, 7) is 0.943. The van der Waals surface area contributed by atoms with Crippen molar-refractivity contribution >= 4 is 17.6 Å². The molecule has 3 aromatic heterocycles. The highest BCUT2D eigenvalue weighted by atomic mass is 16.2. The van der Waals surface area contributed by atoms with Gasteiger partial charge in [-0.15, -0.1) is 5.10 Å². The number of nitrogens with zero attached hydrogens (tertiary/aromatic N) is 7. The second-order valence-electron chi connectivity index (χ2n) is 6.21. The van der Waals surface area contributed by atoms with Crippen LogP contribution in [0.4, 0.5) is 5.82 Å². The maximum atomic E-state index is 12.6. The molecule has 0 radical (unpaired) electrons. The average Bonchev–Trinajstić information content (AvgIpc) is 3.32. The lowest BCUT2D eigenvalue weighted by molar-refractivity contribution is -0.120. The van der Waals surface area contributed by atoms with Crippen molar-refractivity contribution in [2.45, 2.75) is 25.6 Å². The number of fused-ring (bicyclic) bond motifs is 1. The van der Waals surface area contributed by atoms with Crippen molar-refractivity contribution in [1.29, 1.82) is 0 Å². The number of nitrogens with one attached hydrogen (secondary N) is 1. The van der Waals surface area contributed by atoms with E-state index in [1.165, 1.54) is 15.9 Å². The summed E-state index contributed by atoms with van der Waals surface area (Å²) in [5.41, 5.74) is 0.810. The Kier molecular flexibility index (Phi) is 4.37. The quantitative estimate of drug-likeness (QED) is 0.700. The van der Waals surface area contributed by atoms with Crippen molar-refractivity contribution in [3.8, 4) is 0 Å². The van der Waals surface area contributed by atoms with E-state index >= 15 is 0 Å². The number of anilines is 1. The van der Waals surface area contributed by atoms with Crippen molar-refractivity contribution < 1.29 is 9.59 Å². The summed E-state index contributed by atoms with van der Waals surface area (Å²) in [7, 11) is 1.67. The first kappa shape index (κ1) is 16.9. The first-order chi connectivity index (χ1) is 13.1. The molecule has 10 heteroatoms. The van der Waals surface area contributed by atoms with Gasteiger partial charge in [0.15, 0.2) is 0 Å². The van der Waals surface area contributed by atoms with Gasteiger partial charge in [0, 0.05) is 25.9 Å². The summed E-state index contributed by atoms with van der Waals surface area (Å²) in [5.74, 6) is 0.0365. The van der Waals surface area contributed by atoms with E-state index < -0.39 is 11.9 Å². The molecule has 1 aliphatic rings. The Morgan fingerprint density at radius 2 is 2.15 bits per heavy atom. The molecule has 1 N–H and O–H groups in total. The van der Waals surface area contributed by atoms with E-state index in [2.05, 4.69) is 25.5 Å². The van der Waals surface area contributed by atoms with Crippen LogP contribution in [0.25, 0.3) is 0 Å². The number of hydrogen-bond donors (Lipinski definition) is 1. The van der Waals surface area contributed by atoms with Gasteiger partial charge in [0.25, 0.3) is 11.8 Å². The Morgan fingerprint density at radius 1 is 1.26 bits per heavy atom. The predicted octanol–water partition coefficient (Wildman–Crippen LogP) is 0.0830. The normalized spacial score (nSPS) is 16.7. The SMILES string of the molecule is CN1C(=O)[C@@H](NC(=O)c2ncn(Cc3ccccn3)n2)CCn2nccc21. The monoisotopic (exact) mass is 366 g/mol. The first-order valence-corrected chi connectivity index (χ1v) is 8.51. The predicted molar refractivity (Wildman–Crippen MR) is 94.9 cm³/mol. The molecule has 4 heterocycles. The molecule has 0 unspecified atom stereocenters. The lowest BCUT2D eigenvalue weighted by Crippen LogP contribution is -2.47. The molecule has 27 heavy (non-hydrogen) atoms. The number of aryl methyl sites for hydroxylation is 1. The molecule has 3 aromatic rings. The summed E-state index contributed by atoms with van der Waals surface area (Å²) in [6, 6.07) is 6.68. The van der Waals surface area contributed by atoms with Gasteiger partial charge < -0.3 is 5.32 Å². The van der Waals surface area contributed by atoms with Gasteiger partial charge in [0.1, 0.15) is 18.2 Å². The van der Waals surface area contributed by atoms with Crippen LogP contribution < -0.4 is 10.2 Å². The molecule has 0 aliphatic carbocycles. The molecule has 0 fully saturated rings. The average molecular weight is 366 g/mol. The second-order valence-corrected chi connectivity index (χ2v) is 6.21. The number of amides is 2. The molecule has 138 valence electrons. The molecule has 4 rings (SSSR count). The molecule has 0 bridgehead atoms. The van der Waals surface area contributed by atoms with Crippen molar-refractivity contribution in [2.75, 3.05) is 11.9 Å². The smallest absolute Gasteiger partial charge is 0.291 e. The van der Waals surface area contributed by atoms with E-state index in [1.54, 1.807) is 30.2 Å². The summed E-state index contributed by atoms with van der Waals surface area (Å²) in [5, 5.41) is 11.1. The molecule has 10 nitrogen and oxygen atoms in total. The standard InChI is InChI=1S/C17H18N8O2/c1-23-14-5-8-20-25(14)9-6-13(17(23)27)21-16(26)15-19-11-24(22-15)10-12-4-2-3-7-18-12/h2-5,7-8,11,13H,6,9-10H2,1H3,(H,21,26)/t13-/m0/s1. The molecular weight excluding hydrogens is 348 g/mol. The van der Waals surface area contributed by atoms with E-state index in [9.17, 15) is 9.59 Å². The third-order valence-corrected chi connectivity index (χ3v) is 4.39. The molecule has 0 aromatic carbocycles. The highest BCUT2D eigenvalue weighted by Crippen LogP contribution is 2.18. The van der Waals surface area contributed by atoms with Gasteiger partial charge in [-0.1, -0.05) is 6.07 Å². The van der Waals surface area contributed by atoms with E-state index in [4.69, 9.17) is 0 Å². The summed E-state index contributed by atoms with van der Waals surface area (Å²) < 4.78 is 3.28. The maximum absolute atomic E-state index is 12.6. The van der Waals surface area contributed by atoms with Gasteiger partial charge in [0.2, 0.25) is 5.82 Å². The van der Waals surface area contributed by atoms with Crippen LogP contribution in [0.5, 0.6) is 0 Å². The van der Waals surface area contributed by atoms with Crippen LogP contribution >= 0.6 is 0 Å². The number of rotatable bonds is 4. The van der Waals surface area contributed by atoms with Crippen molar-refractivity contribution in [3.63, 3.8) is 0 Å². The van der Waals surface area contributed by atoms with E-state index in [0.717, 1.165) is 5.69 Å². The molecule has 0 spiro atoms. The minimum absolute atomic E-state index is 0.0170. The Morgan fingerprint density at radius 3 is 2.96 bits per heavy atom. The number of carbonyl (C=O) groups excluding carboxylic acids is 2. The molecular formula is C17H18N8O2. The summed E-state index contributed by atoms with van der Waals surface area (Å²) >= 11 is 0. The highest BCUT2D eigenvalue weighted by molar-refractivity contribution is 6.00. The third kappa shape index (κ3) is 3.41. The van der Waals surface area contributed by atoms with Gasteiger partial charge in [-0.2, -0.15) is 5.10 Å². The van der Waals surface area contributed by atoms with Crippen molar-refractivity contribution in [2.24, 2.45) is 0 Å². The Bertz CT molecular complexity index is 964. The number of aromatic nitrogens is 6. The van der Waals surface area contributed by atoms with E-state index in [1.807, 2.05) is 18.2 Å². The van der Waals surface area contributed by atoms with Crippen LogP contribution in [0, 0.1) is 0 Å². The molecule has 1 aliphatic heterocycles. The lowest BCUT2D eigenvalue weighted by Gasteiger charge is -2.19. The van der Waals surface area contributed by atoms with Gasteiger partial charge >= 0.3 is 0 Å². The third-order valence-electron chi connectivity index (χ3n) is 4.39. The molecule has 0 saturated carbocycles. The van der Waals surface area contributed by atoms with Crippen LogP contribution in [0.1, 0.15) is 22.7 Å². The minimum atomic E-state index is -0.660. The molecule has 0 saturated heterocycles. The largest absolute Gasteiger partial charge is 0.337 e. The summed E-state index contributed by atoms with van der Waals surface area (Å²) in [4.78, 5) is 34.9. The second kappa shape index (κ2) is 6.98. The maximum Gasteiger partial charge on any atom is 0.291 e. The Labute approximate surface area is 154 Å². The van der Waals surface area contributed by atoms with Crippen molar-refractivity contribution in [3.05, 3.63) is 54.5 Å². The minimum Gasteiger partial charge on any atom is -0.337 e. The van der Waals surface area contributed by atoms with Gasteiger partial charge in [0.05, 0.1) is 18.4 Å². The van der Waals surface area contributed by atoms with Crippen LogP contribution in [-0.2, 0) is 17.9 Å². The molecule has 2 amide bonds. The van der Waals surface area contributed by atoms with Crippen molar-refractivity contribution in [1.82, 2.24) is 34.8 Å². The van der Waals surface area contributed by atoms with E-state index in [0.29, 0.717) is 25.3 Å². The van der Waals surface area contributed by atoms with Crippen LogP contribution in [-0.4, -0.2) is 54.4 Å². The van der Waals surface area contributed by atoms with Gasteiger partial charge in [-0.05, 0) is 18.6 Å². The topological polar surface area (TPSA) is 111 Å². The lowest BCUT2D eigenvalue weighted by atomic mass is 10.2.